The van der Waals surface area contributed by atoms with Gasteiger partial charge in [0, 0.05) is 19.7 Å². The Bertz CT molecular complexity index is 138. The summed E-state index contributed by atoms with van der Waals surface area (Å²) in [7, 11) is 0. The molecule has 0 aromatic heterocycles. The summed E-state index contributed by atoms with van der Waals surface area (Å²) in [6.45, 7) is 5.44. The van der Waals surface area contributed by atoms with Crippen LogP contribution in [0.25, 0.3) is 0 Å². The van der Waals surface area contributed by atoms with Crippen molar-refractivity contribution in [3.8, 4) is 0 Å². The molecule has 2 fully saturated rings. The molecular weight excluding hydrogens is 164 g/mol. The second-order valence-electron chi connectivity index (χ2n) is 4.07. The van der Waals surface area contributed by atoms with Crippen molar-refractivity contribution >= 4 is 0 Å². The highest BCUT2D eigenvalue weighted by Crippen LogP contribution is 2.17. The molecule has 2 rings (SSSR count). The molecule has 2 heterocycles. The van der Waals surface area contributed by atoms with Crippen LogP contribution in [0.1, 0.15) is 19.3 Å². The molecule has 0 bridgehead atoms. The van der Waals surface area contributed by atoms with Gasteiger partial charge >= 0.3 is 0 Å². The molecule has 2 aliphatic heterocycles. The average molecular weight is 184 g/mol. The van der Waals surface area contributed by atoms with Gasteiger partial charge in [0.15, 0.2) is 0 Å². The van der Waals surface area contributed by atoms with Crippen molar-refractivity contribution in [3.63, 3.8) is 0 Å². The normalized spacial score (nSPS) is 36.9. The fourth-order valence-corrected chi connectivity index (χ4v) is 2.23. The summed E-state index contributed by atoms with van der Waals surface area (Å²) in [5.41, 5.74) is 0. The molecule has 13 heavy (non-hydrogen) atoms. The SMILES string of the molecule is C1CNCC(C2CCCNC2)OC1. The van der Waals surface area contributed by atoms with Gasteiger partial charge in [-0.25, -0.2) is 0 Å². The van der Waals surface area contributed by atoms with Gasteiger partial charge in [0.1, 0.15) is 0 Å². The van der Waals surface area contributed by atoms with Crippen LogP contribution in [0.2, 0.25) is 0 Å². The van der Waals surface area contributed by atoms with E-state index in [1.807, 2.05) is 0 Å². The summed E-state index contributed by atoms with van der Waals surface area (Å²) < 4.78 is 5.84. The summed E-state index contributed by atoms with van der Waals surface area (Å²) in [5, 5.41) is 6.89. The zero-order chi connectivity index (χ0) is 8.93. The molecule has 2 aliphatic rings. The number of piperidine rings is 1. The lowest BCUT2D eigenvalue weighted by Crippen LogP contribution is -2.41. The van der Waals surface area contributed by atoms with Crippen LogP contribution in [0.4, 0.5) is 0 Å². The monoisotopic (exact) mass is 184 g/mol. The molecule has 3 heteroatoms. The van der Waals surface area contributed by atoms with Gasteiger partial charge in [0.2, 0.25) is 0 Å². The maximum Gasteiger partial charge on any atom is 0.0739 e. The summed E-state index contributed by atoms with van der Waals surface area (Å²) in [5.74, 6) is 0.736. The van der Waals surface area contributed by atoms with Gasteiger partial charge in [-0.2, -0.15) is 0 Å². The largest absolute Gasteiger partial charge is 0.377 e. The highest BCUT2D eigenvalue weighted by Gasteiger charge is 2.24. The lowest BCUT2D eigenvalue weighted by atomic mass is 9.93. The molecular formula is C10H20N2O. The molecule has 2 atom stereocenters. The molecule has 0 amide bonds. The molecule has 0 aliphatic carbocycles. The number of ether oxygens (including phenoxy) is 1. The first-order valence-corrected chi connectivity index (χ1v) is 5.50. The van der Waals surface area contributed by atoms with Crippen LogP contribution in [0.3, 0.4) is 0 Å². The molecule has 3 nitrogen and oxygen atoms in total. The van der Waals surface area contributed by atoms with E-state index in [0.29, 0.717) is 6.10 Å². The zero-order valence-corrected chi connectivity index (χ0v) is 8.22. The van der Waals surface area contributed by atoms with Crippen molar-refractivity contribution in [1.82, 2.24) is 10.6 Å². The fraction of sp³-hybridized carbons (Fsp3) is 1.00. The molecule has 2 unspecified atom stereocenters. The van der Waals surface area contributed by atoms with E-state index in [1.54, 1.807) is 0 Å². The van der Waals surface area contributed by atoms with E-state index in [4.69, 9.17) is 4.74 Å². The smallest absolute Gasteiger partial charge is 0.0739 e. The van der Waals surface area contributed by atoms with E-state index in [9.17, 15) is 0 Å². The molecule has 2 saturated heterocycles. The Labute approximate surface area is 80.2 Å². The van der Waals surface area contributed by atoms with E-state index < -0.39 is 0 Å². The summed E-state index contributed by atoms with van der Waals surface area (Å²) in [6.07, 6.45) is 4.26. The van der Waals surface area contributed by atoms with E-state index in [-0.39, 0.29) is 0 Å². The van der Waals surface area contributed by atoms with Crippen molar-refractivity contribution in [3.05, 3.63) is 0 Å². The van der Waals surface area contributed by atoms with Crippen LogP contribution in [-0.2, 0) is 4.74 Å². The van der Waals surface area contributed by atoms with Crippen LogP contribution in [0.15, 0.2) is 0 Å². The number of nitrogens with one attached hydrogen (secondary N) is 2. The van der Waals surface area contributed by atoms with Gasteiger partial charge in [0.05, 0.1) is 6.10 Å². The first-order chi connectivity index (χ1) is 6.47. The second-order valence-corrected chi connectivity index (χ2v) is 4.07. The minimum Gasteiger partial charge on any atom is -0.377 e. The predicted octanol–water partition coefficient (Wildman–Crippen LogP) is 0.365. The number of rotatable bonds is 1. The van der Waals surface area contributed by atoms with Gasteiger partial charge < -0.3 is 15.4 Å². The molecule has 0 aromatic carbocycles. The summed E-state index contributed by atoms with van der Waals surface area (Å²) in [6, 6.07) is 0. The average Bonchev–Trinajstić information content (AvgIpc) is 2.47. The quantitative estimate of drug-likeness (QED) is 0.617. The third-order valence-electron chi connectivity index (χ3n) is 3.04. The van der Waals surface area contributed by atoms with Gasteiger partial charge in [-0.05, 0) is 38.3 Å². The van der Waals surface area contributed by atoms with Crippen molar-refractivity contribution in [2.75, 3.05) is 32.8 Å². The molecule has 0 spiro atoms. The van der Waals surface area contributed by atoms with Crippen LogP contribution >= 0.6 is 0 Å². The van der Waals surface area contributed by atoms with Gasteiger partial charge in [-0.1, -0.05) is 0 Å². The Hall–Kier alpha value is -0.120. The highest BCUT2D eigenvalue weighted by molar-refractivity contribution is 4.79. The number of hydrogen-bond acceptors (Lipinski definition) is 3. The van der Waals surface area contributed by atoms with Crippen LogP contribution in [0.5, 0.6) is 0 Å². The van der Waals surface area contributed by atoms with E-state index >= 15 is 0 Å². The maximum absolute atomic E-state index is 5.84. The molecule has 0 saturated carbocycles. The Kier molecular flexibility index (Phi) is 3.58. The van der Waals surface area contributed by atoms with E-state index in [1.165, 1.54) is 19.4 Å². The third kappa shape index (κ3) is 2.66. The summed E-state index contributed by atoms with van der Waals surface area (Å²) >= 11 is 0. The zero-order valence-electron chi connectivity index (χ0n) is 8.22. The van der Waals surface area contributed by atoms with Crippen LogP contribution in [-0.4, -0.2) is 38.9 Å². The third-order valence-corrected chi connectivity index (χ3v) is 3.04. The first-order valence-electron chi connectivity index (χ1n) is 5.50. The second kappa shape index (κ2) is 4.94. The van der Waals surface area contributed by atoms with Crippen molar-refractivity contribution in [2.45, 2.75) is 25.4 Å². The standard InChI is InChI=1S/C10H20N2O/c1-3-9(7-11-4-1)10-8-12-5-2-6-13-10/h9-12H,1-8H2. The molecule has 0 radical (unpaired) electrons. The Balaban J connectivity index is 1.82. The van der Waals surface area contributed by atoms with Gasteiger partial charge in [-0.15, -0.1) is 0 Å². The molecule has 2 N–H and O–H groups in total. The van der Waals surface area contributed by atoms with Crippen LogP contribution in [0, 0.1) is 5.92 Å². The lowest BCUT2D eigenvalue weighted by Gasteiger charge is -2.29. The Morgan fingerprint density at radius 3 is 2.69 bits per heavy atom. The van der Waals surface area contributed by atoms with E-state index in [0.717, 1.165) is 38.6 Å². The lowest BCUT2D eigenvalue weighted by molar-refractivity contribution is 0.0170. The van der Waals surface area contributed by atoms with Gasteiger partial charge in [-0.3, -0.25) is 0 Å². The topological polar surface area (TPSA) is 33.3 Å². The molecule has 76 valence electrons. The highest BCUT2D eigenvalue weighted by atomic mass is 16.5. The fourth-order valence-electron chi connectivity index (χ4n) is 2.23. The Morgan fingerprint density at radius 1 is 1.00 bits per heavy atom. The number of hydrogen-bond donors (Lipinski definition) is 2. The van der Waals surface area contributed by atoms with Crippen molar-refractivity contribution < 1.29 is 4.74 Å². The predicted molar refractivity (Wildman–Crippen MR) is 52.8 cm³/mol. The van der Waals surface area contributed by atoms with Crippen molar-refractivity contribution in [1.29, 1.82) is 0 Å². The van der Waals surface area contributed by atoms with E-state index in [2.05, 4.69) is 10.6 Å². The maximum atomic E-state index is 5.84. The molecule has 0 aromatic rings. The summed E-state index contributed by atoms with van der Waals surface area (Å²) in [4.78, 5) is 0. The van der Waals surface area contributed by atoms with Crippen molar-refractivity contribution in [2.24, 2.45) is 5.92 Å². The minimum absolute atomic E-state index is 0.454. The van der Waals surface area contributed by atoms with Gasteiger partial charge in [0.25, 0.3) is 0 Å². The Morgan fingerprint density at radius 2 is 1.85 bits per heavy atom. The van der Waals surface area contributed by atoms with Crippen LogP contribution < -0.4 is 10.6 Å². The minimum atomic E-state index is 0.454. The first kappa shape index (κ1) is 9.44.